The minimum atomic E-state index is 0.358. The number of hydrogen-bond donors (Lipinski definition) is 0. The van der Waals surface area contributed by atoms with Crippen LogP contribution in [0.2, 0.25) is 6.04 Å². The molecule has 1 atom stereocenters. The van der Waals surface area contributed by atoms with Crippen LogP contribution in [0.3, 0.4) is 0 Å². The Morgan fingerprint density at radius 3 is 2.83 bits per heavy atom. The molecule has 0 aliphatic rings. The Kier molecular flexibility index (Phi) is 8.88. The second-order valence-electron chi connectivity index (χ2n) is 2.58. The average Bonchev–Trinajstić information content (AvgIpc) is 2.10. The smallest absolute Gasteiger partial charge is 0.233 e. The van der Waals surface area contributed by atoms with Gasteiger partial charge in [0.15, 0.2) is 0 Å². The minimum Gasteiger partial charge on any atom is -0.415 e. The maximum Gasteiger partial charge on any atom is 0.233 e. The van der Waals surface area contributed by atoms with Crippen LogP contribution in [0.5, 0.6) is 0 Å². The molecule has 70 valence electrons. The van der Waals surface area contributed by atoms with Crippen molar-refractivity contribution in [1.29, 1.82) is 0 Å². The number of hydrogen-bond acceptors (Lipinski definition) is 2. The Bertz CT molecular complexity index is 107. The number of ether oxygens (including phenoxy) is 1. The van der Waals surface area contributed by atoms with E-state index in [4.69, 9.17) is 9.16 Å². The Balaban J connectivity index is 2.95. The highest BCUT2D eigenvalue weighted by Gasteiger charge is 1.96. The van der Waals surface area contributed by atoms with Crippen molar-refractivity contribution in [3.05, 3.63) is 12.7 Å². The predicted octanol–water partition coefficient (Wildman–Crippen LogP) is 2.04. The van der Waals surface area contributed by atoms with Crippen LogP contribution < -0.4 is 0 Å². The van der Waals surface area contributed by atoms with Crippen LogP contribution in [0.4, 0.5) is 0 Å². The van der Waals surface area contributed by atoms with Crippen molar-refractivity contribution < 1.29 is 9.16 Å². The lowest BCUT2D eigenvalue weighted by molar-refractivity contribution is 0.0434. The highest BCUT2D eigenvalue weighted by Crippen LogP contribution is 1.94. The largest absolute Gasteiger partial charge is 0.415 e. The van der Waals surface area contributed by atoms with E-state index in [1.807, 2.05) is 6.08 Å². The molecule has 3 heteroatoms. The number of allylic oxidation sites excluding steroid dienone is 1. The van der Waals surface area contributed by atoms with Crippen LogP contribution in [0.1, 0.15) is 20.3 Å². The fraction of sp³-hybridized carbons (Fsp3) is 0.778. The zero-order chi connectivity index (χ0) is 9.23. The Labute approximate surface area is 77.9 Å². The van der Waals surface area contributed by atoms with E-state index < -0.39 is 0 Å². The fourth-order valence-electron chi connectivity index (χ4n) is 0.599. The first-order valence-corrected chi connectivity index (χ1v) is 5.50. The topological polar surface area (TPSA) is 18.5 Å². The summed E-state index contributed by atoms with van der Waals surface area (Å²) in [7, 11) is 0.538. The van der Waals surface area contributed by atoms with Gasteiger partial charge in [0.1, 0.15) is 0 Å². The van der Waals surface area contributed by atoms with Gasteiger partial charge in [-0.3, -0.25) is 0 Å². The van der Waals surface area contributed by atoms with E-state index in [0.29, 0.717) is 29.1 Å². The van der Waals surface area contributed by atoms with Gasteiger partial charge in [0.25, 0.3) is 0 Å². The summed E-state index contributed by atoms with van der Waals surface area (Å²) in [4.78, 5) is 0. The molecule has 0 amide bonds. The summed E-state index contributed by atoms with van der Waals surface area (Å²) in [5.41, 5.74) is 0. The summed E-state index contributed by atoms with van der Waals surface area (Å²) in [6, 6.07) is 0.948. The molecule has 0 aromatic rings. The molecule has 0 rings (SSSR count). The van der Waals surface area contributed by atoms with Gasteiger partial charge in [-0.15, -0.1) is 6.58 Å². The molecule has 0 aromatic heterocycles. The predicted molar refractivity (Wildman–Crippen MR) is 52.4 cm³/mol. The molecule has 2 radical (unpaired) electrons. The molecule has 0 heterocycles. The minimum absolute atomic E-state index is 0.358. The van der Waals surface area contributed by atoms with Gasteiger partial charge in [-0.05, 0) is 19.4 Å². The van der Waals surface area contributed by atoms with Crippen LogP contribution in [0.15, 0.2) is 12.7 Å². The summed E-state index contributed by atoms with van der Waals surface area (Å²) in [5.74, 6) is 0. The Hall–Kier alpha value is -0.123. The third-order valence-electron chi connectivity index (χ3n) is 1.49. The monoisotopic (exact) mass is 186 g/mol. The van der Waals surface area contributed by atoms with E-state index in [-0.39, 0.29) is 0 Å². The van der Waals surface area contributed by atoms with Crippen molar-refractivity contribution in [2.75, 3.05) is 13.2 Å². The van der Waals surface area contributed by atoms with Gasteiger partial charge < -0.3 is 9.16 Å². The first-order valence-electron chi connectivity index (χ1n) is 4.38. The van der Waals surface area contributed by atoms with E-state index in [9.17, 15) is 0 Å². The lowest BCUT2D eigenvalue weighted by Gasteiger charge is -2.09. The highest BCUT2D eigenvalue weighted by atomic mass is 28.2. The fourth-order valence-corrected chi connectivity index (χ4v) is 1.06. The third kappa shape index (κ3) is 7.98. The molecule has 0 bridgehead atoms. The molecular weight excluding hydrogens is 168 g/mol. The molecule has 1 unspecified atom stereocenters. The van der Waals surface area contributed by atoms with Gasteiger partial charge in [-0.25, -0.2) is 0 Å². The molecule has 0 aliphatic carbocycles. The standard InChI is InChI=1S/C9H18O2Si/c1-4-8-12-11-7-6-10-9(3)5-2/h4,9H,1,5-8H2,2-3H3. The Morgan fingerprint density at radius 1 is 1.50 bits per heavy atom. The molecule has 12 heavy (non-hydrogen) atoms. The van der Waals surface area contributed by atoms with Crippen molar-refractivity contribution in [3.63, 3.8) is 0 Å². The molecule has 0 spiro atoms. The van der Waals surface area contributed by atoms with Gasteiger partial charge >= 0.3 is 0 Å². The van der Waals surface area contributed by atoms with Crippen molar-refractivity contribution in [1.82, 2.24) is 0 Å². The highest BCUT2D eigenvalue weighted by molar-refractivity contribution is 6.27. The van der Waals surface area contributed by atoms with E-state index >= 15 is 0 Å². The molecule has 0 saturated heterocycles. The third-order valence-corrected chi connectivity index (χ3v) is 2.36. The van der Waals surface area contributed by atoms with E-state index in [1.54, 1.807) is 0 Å². The maximum atomic E-state index is 5.42. The van der Waals surface area contributed by atoms with Crippen molar-refractivity contribution >= 4 is 9.76 Å². The van der Waals surface area contributed by atoms with Gasteiger partial charge in [0.05, 0.1) is 19.3 Å². The van der Waals surface area contributed by atoms with E-state index in [1.165, 1.54) is 0 Å². The zero-order valence-corrected chi connectivity index (χ0v) is 9.01. The van der Waals surface area contributed by atoms with Gasteiger partial charge in [-0.1, -0.05) is 13.0 Å². The second kappa shape index (κ2) is 8.97. The molecule has 0 aliphatic heterocycles. The second-order valence-corrected chi connectivity index (χ2v) is 3.56. The SMILES string of the molecule is C=CC[Si]OCCOC(C)CC. The summed E-state index contributed by atoms with van der Waals surface area (Å²) in [6.45, 7) is 9.22. The lowest BCUT2D eigenvalue weighted by atomic mass is 10.3. The van der Waals surface area contributed by atoms with Gasteiger partial charge in [0, 0.05) is 0 Å². The quantitative estimate of drug-likeness (QED) is 0.328. The van der Waals surface area contributed by atoms with Crippen molar-refractivity contribution in [2.45, 2.75) is 32.4 Å². The summed E-state index contributed by atoms with van der Waals surface area (Å²) in [5, 5.41) is 0. The lowest BCUT2D eigenvalue weighted by Crippen LogP contribution is -2.12. The molecule has 0 aromatic carbocycles. The normalized spacial score (nSPS) is 12.8. The van der Waals surface area contributed by atoms with Gasteiger partial charge in [-0.2, -0.15) is 0 Å². The Morgan fingerprint density at radius 2 is 2.25 bits per heavy atom. The molecular formula is C9H18O2Si. The van der Waals surface area contributed by atoms with Crippen molar-refractivity contribution in [2.24, 2.45) is 0 Å². The molecule has 0 N–H and O–H groups in total. The first kappa shape index (κ1) is 11.9. The first-order chi connectivity index (χ1) is 5.81. The zero-order valence-electron chi connectivity index (χ0n) is 8.01. The van der Waals surface area contributed by atoms with Gasteiger partial charge in [0.2, 0.25) is 9.76 Å². The number of rotatable bonds is 8. The maximum absolute atomic E-state index is 5.42. The average molecular weight is 186 g/mol. The van der Waals surface area contributed by atoms with Crippen LogP contribution in [0.25, 0.3) is 0 Å². The van der Waals surface area contributed by atoms with E-state index in [2.05, 4.69) is 20.4 Å². The molecule has 0 fully saturated rings. The summed E-state index contributed by atoms with van der Waals surface area (Å²) >= 11 is 0. The van der Waals surface area contributed by atoms with Crippen LogP contribution in [-0.2, 0) is 9.16 Å². The van der Waals surface area contributed by atoms with E-state index in [0.717, 1.165) is 12.5 Å². The van der Waals surface area contributed by atoms with Crippen molar-refractivity contribution in [3.8, 4) is 0 Å². The molecule has 2 nitrogen and oxygen atoms in total. The van der Waals surface area contributed by atoms with Crippen LogP contribution >= 0.6 is 0 Å². The van der Waals surface area contributed by atoms with Crippen LogP contribution in [-0.4, -0.2) is 29.1 Å². The summed E-state index contributed by atoms with van der Waals surface area (Å²) < 4.78 is 10.7. The molecule has 0 saturated carbocycles. The van der Waals surface area contributed by atoms with Crippen LogP contribution in [0, 0.1) is 0 Å². The summed E-state index contributed by atoms with van der Waals surface area (Å²) in [6.07, 6.45) is 3.29.